The van der Waals surface area contributed by atoms with Gasteiger partial charge in [0.1, 0.15) is 0 Å². The summed E-state index contributed by atoms with van der Waals surface area (Å²) < 4.78 is 5.48. The highest BCUT2D eigenvalue weighted by Crippen LogP contribution is 2.33. The molecule has 0 aromatic heterocycles. The van der Waals surface area contributed by atoms with Gasteiger partial charge in [0, 0.05) is 19.6 Å². The fourth-order valence-corrected chi connectivity index (χ4v) is 2.00. The quantitative estimate of drug-likeness (QED) is 0.584. The summed E-state index contributed by atoms with van der Waals surface area (Å²) in [7, 11) is 0. The first-order valence-corrected chi connectivity index (χ1v) is 6.39. The number of hydrogen-bond acceptors (Lipinski definition) is 2. The normalized spacial score (nSPS) is 11.7. The first kappa shape index (κ1) is 15.4. The summed E-state index contributed by atoms with van der Waals surface area (Å²) in [6.07, 6.45) is 5.49. The number of rotatable bonds is 10. The Bertz CT molecular complexity index is 177. The Labute approximate surface area is 99.2 Å². The predicted molar refractivity (Wildman–Crippen MR) is 65.6 cm³/mol. The molecule has 0 heterocycles. The molecule has 0 aliphatic heterocycles. The van der Waals surface area contributed by atoms with Gasteiger partial charge in [0.15, 0.2) is 0 Å². The van der Waals surface area contributed by atoms with Gasteiger partial charge in [-0.2, -0.15) is 0 Å². The van der Waals surface area contributed by atoms with Crippen molar-refractivity contribution in [2.24, 2.45) is 5.41 Å². The van der Waals surface area contributed by atoms with Gasteiger partial charge in [-0.1, -0.05) is 40.0 Å². The summed E-state index contributed by atoms with van der Waals surface area (Å²) in [5.74, 6) is -0.742. The van der Waals surface area contributed by atoms with Crippen LogP contribution in [0.3, 0.4) is 0 Å². The minimum absolute atomic E-state index is 0.209. The van der Waals surface area contributed by atoms with Gasteiger partial charge < -0.3 is 9.84 Å². The van der Waals surface area contributed by atoms with Crippen molar-refractivity contribution in [2.45, 2.75) is 59.3 Å². The SMILES string of the molecule is CCC(CC)(CC)CCOCCCC(=O)O. The third-order valence-electron chi connectivity index (χ3n) is 3.71. The van der Waals surface area contributed by atoms with Crippen LogP contribution in [0.4, 0.5) is 0 Å². The van der Waals surface area contributed by atoms with Crippen LogP contribution >= 0.6 is 0 Å². The summed E-state index contributed by atoms with van der Waals surface area (Å²) in [6, 6.07) is 0. The Hall–Kier alpha value is -0.570. The molecule has 0 amide bonds. The molecule has 3 heteroatoms. The van der Waals surface area contributed by atoms with Crippen molar-refractivity contribution in [1.29, 1.82) is 0 Å². The lowest BCUT2D eigenvalue weighted by atomic mass is 9.77. The molecule has 0 aromatic rings. The average molecular weight is 230 g/mol. The zero-order valence-electron chi connectivity index (χ0n) is 10.9. The van der Waals surface area contributed by atoms with Crippen LogP contribution in [0.25, 0.3) is 0 Å². The van der Waals surface area contributed by atoms with E-state index in [4.69, 9.17) is 9.84 Å². The molecule has 0 radical (unpaired) electrons. The zero-order valence-corrected chi connectivity index (χ0v) is 10.9. The van der Waals surface area contributed by atoms with E-state index in [0.717, 1.165) is 13.0 Å². The molecular formula is C13H26O3. The second kappa shape index (κ2) is 8.57. The number of carboxylic acid groups (broad SMARTS) is 1. The van der Waals surface area contributed by atoms with Crippen LogP contribution in [0.5, 0.6) is 0 Å². The Balaban J connectivity index is 3.59. The largest absolute Gasteiger partial charge is 0.481 e. The van der Waals surface area contributed by atoms with E-state index in [1.807, 2.05) is 0 Å². The van der Waals surface area contributed by atoms with E-state index in [2.05, 4.69) is 20.8 Å². The van der Waals surface area contributed by atoms with Gasteiger partial charge in [0.05, 0.1) is 0 Å². The maximum atomic E-state index is 10.3. The van der Waals surface area contributed by atoms with Crippen LogP contribution in [-0.4, -0.2) is 24.3 Å². The van der Waals surface area contributed by atoms with Gasteiger partial charge >= 0.3 is 5.97 Å². The van der Waals surface area contributed by atoms with Crippen LogP contribution in [0.1, 0.15) is 59.3 Å². The molecule has 0 atom stereocenters. The Kier molecular flexibility index (Phi) is 8.26. The Morgan fingerprint density at radius 3 is 2.12 bits per heavy atom. The minimum atomic E-state index is -0.742. The van der Waals surface area contributed by atoms with E-state index in [-0.39, 0.29) is 6.42 Å². The molecule has 3 nitrogen and oxygen atoms in total. The lowest BCUT2D eigenvalue weighted by molar-refractivity contribution is -0.137. The van der Waals surface area contributed by atoms with E-state index < -0.39 is 5.97 Å². The zero-order chi connectivity index (χ0) is 12.4. The first-order valence-electron chi connectivity index (χ1n) is 6.39. The van der Waals surface area contributed by atoms with Crippen LogP contribution in [-0.2, 0) is 9.53 Å². The molecule has 0 unspecified atom stereocenters. The molecule has 1 N–H and O–H groups in total. The third kappa shape index (κ3) is 6.11. The molecule has 0 rings (SSSR count). The highest BCUT2D eigenvalue weighted by Gasteiger charge is 2.23. The highest BCUT2D eigenvalue weighted by atomic mass is 16.5. The number of aliphatic carboxylic acids is 1. The maximum Gasteiger partial charge on any atom is 0.303 e. The molecule has 0 bridgehead atoms. The van der Waals surface area contributed by atoms with Gasteiger partial charge in [-0.3, -0.25) is 4.79 Å². The van der Waals surface area contributed by atoms with Crippen LogP contribution in [0.2, 0.25) is 0 Å². The van der Waals surface area contributed by atoms with Crippen molar-refractivity contribution < 1.29 is 14.6 Å². The molecule has 0 aliphatic rings. The Morgan fingerprint density at radius 1 is 1.12 bits per heavy atom. The molecule has 0 aromatic carbocycles. The monoisotopic (exact) mass is 230 g/mol. The molecule has 0 fully saturated rings. The molecule has 0 aliphatic carbocycles. The third-order valence-corrected chi connectivity index (χ3v) is 3.71. The smallest absolute Gasteiger partial charge is 0.303 e. The summed E-state index contributed by atoms with van der Waals surface area (Å²) in [6.45, 7) is 8.03. The second-order valence-electron chi connectivity index (χ2n) is 4.42. The lowest BCUT2D eigenvalue weighted by Gasteiger charge is -2.30. The number of carboxylic acids is 1. The van der Waals surface area contributed by atoms with Crippen molar-refractivity contribution in [2.75, 3.05) is 13.2 Å². The summed E-state index contributed by atoms with van der Waals surface area (Å²) >= 11 is 0. The van der Waals surface area contributed by atoms with Gasteiger partial charge in [-0.15, -0.1) is 0 Å². The number of ether oxygens (including phenoxy) is 1. The number of hydrogen-bond donors (Lipinski definition) is 1. The standard InChI is InChI=1S/C13H26O3/c1-4-13(5-2,6-3)9-11-16-10-7-8-12(14)15/h4-11H2,1-3H3,(H,14,15). The predicted octanol–water partition coefficient (Wildman–Crippen LogP) is 3.47. The van der Waals surface area contributed by atoms with Crippen LogP contribution < -0.4 is 0 Å². The summed E-state index contributed by atoms with van der Waals surface area (Å²) in [5.41, 5.74) is 0.423. The summed E-state index contributed by atoms with van der Waals surface area (Å²) in [4.78, 5) is 10.3. The Morgan fingerprint density at radius 2 is 1.69 bits per heavy atom. The lowest BCUT2D eigenvalue weighted by Crippen LogP contribution is -2.20. The van der Waals surface area contributed by atoms with E-state index in [1.54, 1.807) is 0 Å². The molecular weight excluding hydrogens is 204 g/mol. The van der Waals surface area contributed by atoms with E-state index in [1.165, 1.54) is 19.3 Å². The molecule has 0 saturated carbocycles. The average Bonchev–Trinajstić information content (AvgIpc) is 2.29. The van der Waals surface area contributed by atoms with Gasteiger partial charge in [-0.25, -0.2) is 0 Å². The van der Waals surface area contributed by atoms with Crippen LogP contribution in [0.15, 0.2) is 0 Å². The van der Waals surface area contributed by atoms with Crippen molar-refractivity contribution in [1.82, 2.24) is 0 Å². The highest BCUT2D eigenvalue weighted by molar-refractivity contribution is 5.66. The van der Waals surface area contributed by atoms with Crippen molar-refractivity contribution in [3.63, 3.8) is 0 Å². The van der Waals surface area contributed by atoms with Crippen LogP contribution in [0, 0.1) is 5.41 Å². The van der Waals surface area contributed by atoms with Crippen molar-refractivity contribution in [3.8, 4) is 0 Å². The molecule has 0 spiro atoms. The van der Waals surface area contributed by atoms with Gasteiger partial charge in [0.2, 0.25) is 0 Å². The van der Waals surface area contributed by atoms with E-state index >= 15 is 0 Å². The fourth-order valence-electron chi connectivity index (χ4n) is 2.00. The molecule has 16 heavy (non-hydrogen) atoms. The molecule has 96 valence electrons. The van der Waals surface area contributed by atoms with Gasteiger partial charge in [0.25, 0.3) is 0 Å². The fraction of sp³-hybridized carbons (Fsp3) is 0.923. The van der Waals surface area contributed by atoms with Gasteiger partial charge in [-0.05, 0) is 18.3 Å². The first-order chi connectivity index (χ1) is 7.60. The summed E-state index contributed by atoms with van der Waals surface area (Å²) in [5, 5.41) is 8.46. The van der Waals surface area contributed by atoms with E-state index in [0.29, 0.717) is 18.4 Å². The van der Waals surface area contributed by atoms with E-state index in [9.17, 15) is 4.79 Å². The molecule has 0 saturated heterocycles. The van der Waals surface area contributed by atoms with Crippen molar-refractivity contribution in [3.05, 3.63) is 0 Å². The second-order valence-corrected chi connectivity index (χ2v) is 4.42. The number of carbonyl (C=O) groups is 1. The maximum absolute atomic E-state index is 10.3. The van der Waals surface area contributed by atoms with Crippen molar-refractivity contribution >= 4 is 5.97 Å². The minimum Gasteiger partial charge on any atom is -0.481 e. The topological polar surface area (TPSA) is 46.5 Å².